The molecule has 0 aliphatic carbocycles. The van der Waals surface area contributed by atoms with Crippen molar-refractivity contribution in [2.24, 2.45) is 5.92 Å². The molecule has 0 saturated carbocycles. The predicted molar refractivity (Wildman–Crippen MR) is 166 cm³/mol. The molecule has 2 aromatic rings. The molecule has 3 atom stereocenters. The Morgan fingerprint density at radius 1 is 1.14 bits per heavy atom. The summed E-state index contributed by atoms with van der Waals surface area (Å²) in [4.78, 5) is 27.4. The number of carbonyl (C=O) groups excluding carboxylic acids is 2. The van der Waals surface area contributed by atoms with Gasteiger partial charge in [0.2, 0.25) is 15.9 Å². The van der Waals surface area contributed by atoms with Crippen molar-refractivity contribution in [3.8, 4) is 11.5 Å². The van der Waals surface area contributed by atoms with Gasteiger partial charge in [0.15, 0.2) is 0 Å². The fraction of sp³-hybridized carbons (Fsp3) is 0.515. The number of aliphatic hydroxyl groups is 1. The first-order valence-corrected chi connectivity index (χ1v) is 16.5. The number of methoxy groups -OCH3 is 1. The third kappa shape index (κ3) is 8.83. The molecular weight excluding hydrogens is 584 g/mol. The number of benzene rings is 2. The van der Waals surface area contributed by atoms with Gasteiger partial charge in [0.1, 0.15) is 22.0 Å². The number of nitrogens with zero attached hydrogens (tertiary/aromatic N) is 2. The molecule has 0 bridgehead atoms. The third-order valence-electron chi connectivity index (χ3n) is 7.77. The molecule has 44 heavy (non-hydrogen) atoms. The van der Waals surface area contributed by atoms with Crippen LogP contribution in [0.15, 0.2) is 65.6 Å². The molecule has 2 heterocycles. The molecule has 240 valence electrons. The Labute approximate surface area is 260 Å². The number of carbonyl (C=O) groups is 2. The quantitative estimate of drug-likeness (QED) is 0.344. The van der Waals surface area contributed by atoms with Gasteiger partial charge in [-0.1, -0.05) is 42.5 Å². The van der Waals surface area contributed by atoms with Gasteiger partial charge in [0, 0.05) is 44.1 Å². The molecule has 0 aromatic heterocycles. The molecule has 0 spiro atoms. The number of esters is 1. The fourth-order valence-electron chi connectivity index (χ4n) is 5.58. The van der Waals surface area contributed by atoms with Crippen molar-refractivity contribution < 1.29 is 37.3 Å². The van der Waals surface area contributed by atoms with E-state index in [-0.39, 0.29) is 48.7 Å². The Morgan fingerprint density at radius 3 is 2.59 bits per heavy atom. The largest absolute Gasteiger partial charge is 0.497 e. The molecule has 1 amide bonds. The summed E-state index contributed by atoms with van der Waals surface area (Å²) in [5, 5.41) is 11.7. The summed E-state index contributed by atoms with van der Waals surface area (Å²) in [5.41, 5.74) is 0.189. The highest BCUT2D eigenvalue weighted by molar-refractivity contribution is 7.89. The molecule has 1 fully saturated rings. The van der Waals surface area contributed by atoms with Gasteiger partial charge in [-0.15, -0.1) is 0 Å². The lowest BCUT2D eigenvalue weighted by molar-refractivity contribution is -0.157. The fourth-order valence-corrected chi connectivity index (χ4v) is 7.19. The number of ether oxygens (including phenoxy) is 3. The summed E-state index contributed by atoms with van der Waals surface area (Å²) in [6.07, 6.45) is 4.17. The zero-order valence-electron chi connectivity index (χ0n) is 26.0. The minimum absolute atomic E-state index is 0.0189. The first-order valence-electron chi connectivity index (χ1n) is 15.1. The Hall–Kier alpha value is -3.41. The summed E-state index contributed by atoms with van der Waals surface area (Å²) < 4.78 is 46.9. The van der Waals surface area contributed by atoms with Crippen molar-refractivity contribution in [2.45, 2.75) is 75.5 Å². The smallest absolute Gasteiger partial charge is 0.306 e. The maximum atomic E-state index is 14.4. The summed E-state index contributed by atoms with van der Waals surface area (Å²) >= 11 is 0. The molecular formula is C33H44N2O8S. The summed E-state index contributed by atoms with van der Waals surface area (Å²) in [6, 6.07) is 13.6. The zero-order valence-corrected chi connectivity index (χ0v) is 26.8. The van der Waals surface area contributed by atoms with Crippen molar-refractivity contribution in [2.75, 3.05) is 33.4 Å². The minimum Gasteiger partial charge on any atom is -0.497 e. The van der Waals surface area contributed by atoms with Crippen LogP contribution in [0.25, 0.3) is 0 Å². The predicted octanol–water partition coefficient (Wildman–Crippen LogP) is 3.97. The van der Waals surface area contributed by atoms with Crippen molar-refractivity contribution in [3.63, 3.8) is 0 Å². The molecule has 10 nitrogen and oxygen atoms in total. The first-order chi connectivity index (χ1) is 20.9. The van der Waals surface area contributed by atoms with Crippen LogP contribution in [0.5, 0.6) is 11.5 Å². The van der Waals surface area contributed by atoms with Crippen LogP contribution in [0.3, 0.4) is 0 Å². The van der Waals surface area contributed by atoms with Crippen molar-refractivity contribution in [1.29, 1.82) is 0 Å². The lowest BCUT2D eigenvalue weighted by Gasteiger charge is -2.33. The Kier molecular flexibility index (Phi) is 11.1. The number of amides is 1. The number of sulfonamides is 1. The zero-order chi connectivity index (χ0) is 31.9. The number of fused-ring (bicyclic) bond motifs is 2. The van der Waals surface area contributed by atoms with E-state index in [2.05, 4.69) is 0 Å². The highest BCUT2D eigenvalue weighted by atomic mass is 32.2. The van der Waals surface area contributed by atoms with Gasteiger partial charge in [-0.05, 0) is 57.7 Å². The average molecular weight is 629 g/mol. The average Bonchev–Trinajstić information content (AvgIpc) is 3.31. The number of aliphatic hydroxyl groups excluding tert-OH is 1. The number of rotatable bonds is 8. The molecule has 2 aliphatic heterocycles. The lowest BCUT2D eigenvalue weighted by atomic mass is 9.90. The second kappa shape index (κ2) is 14.6. The van der Waals surface area contributed by atoms with E-state index in [1.165, 1.54) is 23.5 Å². The van der Waals surface area contributed by atoms with Gasteiger partial charge in [-0.3, -0.25) is 9.59 Å². The van der Waals surface area contributed by atoms with Crippen LogP contribution in [-0.2, 0) is 30.8 Å². The van der Waals surface area contributed by atoms with Gasteiger partial charge < -0.3 is 24.2 Å². The molecule has 0 unspecified atom stereocenters. The molecule has 2 aliphatic rings. The van der Waals surface area contributed by atoms with E-state index in [4.69, 9.17) is 14.2 Å². The van der Waals surface area contributed by atoms with Crippen LogP contribution < -0.4 is 9.47 Å². The number of β-amino-alcohol motifs (C(OH)–C–C–N with tert-alkyl or cyclic N) is 1. The van der Waals surface area contributed by atoms with Crippen LogP contribution in [0.4, 0.5) is 0 Å². The third-order valence-corrected chi connectivity index (χ3v) is 9.64. The van der Waals surface area contributed by atoms with E-state index in [0.29, 0.717) is 38.0 Å². The van der Waals surface area contributed by atoms with Crippen molar-refractivity contribution in [3.05, 3.63) is 66.2 Å². The maximum absolute atomic E-state index is 14.4. The van der Waals surface area contributed by atoms with E-state index in [0.717, 1.165) is 5.56 Å². The monoisotopic (exact) mass is 628 g/mol. The van der Waals surface area contributed by atoms with Crippen LogP contribution >= 0.6 is 0 Å². The van der Waals surface area contributed by atoms with Gasteiger partial charge in [-0.25, -0.2) is 8.42 Å². The topological polar surface area (TPSA) is 123 Å². The lowest BCUT2D eigenvalue weighted by Crippen LogP contribution is -2.48. The molecule has 0 radical (unpaired) electrons. The van der Waals surface area contributed by atoms with E-state index in [9.17, 15) is 23.1 Å². The maximum Gasteiger partial charge on any atom is 0.306 e. The van der Waals surface area contributed by atoms with Crippen LogP contribution in [-0.4, -0.2) is 85.7 Å². The number of hydrogen-bond donors (Lipinski definition) is 1. The normalized spacial score (nSPS) is 21.3. The second-order valence-corrected chi connectivity index (χ2v) is 14.2. The Bertz CT molecular complexity index is 1420. The molecule has 2 aromatic carbocycles. The molecule has 11 heteroatoms. The van der Waals surface area contributed by atoms with E-state index >= 15 is 0 Å². The Balaban J connectivity index is 1.71. The molecule has 1 N–H and O–H groups in total. The first kappa shape index (κ1) is 33.5. The van der Waals surface area contributed by atoms with Gasteiger partial charge in [0.05, 0.1) is 26.2 Å². The highest BCUT2D eigenvalue weighted by Crippen LogP contribution is 2.33. The second-order valence-electron chi connectivity index (χ2n) is 12.3. The van der Waals surface area contributed by atoms with Gasteiger partial charge in [0.25, 0.3) is 0 Å². The SMILES string of the molecule is COc1ccc2c(c1)OCC/C=C\CN1C(=O)CC[C@@H]1CN(C[C@@H](O)[C@@H](CC(=O)OC(C)(C)C)Cc1ccccc1)S2(=O)=O. The summed E-state index contributed by atoms with van der Waals surface area (Å²) in [5.74, 6) is -0.567. The number of hydrogen-bond acceptors (Lipinski definition) is 8. The van der Waals surface area contributed by atoms with E-state index in [1.807, 2.05) is 42.5 Å². The molecule has 1 saturated heterocycles. The van der Waals surface area contributed by atoms with E-state index < -0.39 is 33.6 Å². The minimum atomic E-state index is -4.24. The Morgan fingerprint density at radius 2 is 1.89 bits per heavy atom. The summed E-state index contributed by atoms with van der Waals surface area (Å²) in [6.45, 7) is 5.60. The van der Waals surface area contributed by atoms with E-state index in [1.54, 1.807) is 31.7 Å². The van der Waals surface area contributed by atoms with Crippen molar-refractivity contribution >= 4 is 21.9 Å². The van der Waals surface area contributed by atoms with Crippen LogP contribution in [0.2, 0.25) is 0 Å². The summed E-state index contributed by atoms with van der Waals surface area (Å²) in [7, 11) is -2.75. The highest BCUT2D eigenvalue weighted by Gasteiger charge is 2.39. The van der Waals surface area contributed by atoms with Gasteiger partial charge in [-0.2, -0.15) is 4.31 Å². The van der Waals surface area contributed by atoms with Crippen molar-refractivity contribution in [1.82, 2.24) is 9.21 Å². The molecule has 4 rings (SSSR count). The van der Waals surface area contributed by atoms with Crippen LogP contribution in [0, 0.1) is 5.92 Å². The van der Waals surface area contributed by atoms with Crippen LogP contribution in [0.1, 0.15) is 52.0 Å². The standard InChI is InChI=1S/C33H44N2O8S/c1-33(2,3)43-32(38)20-25(19-24-11-7-5-8-12-24)28(36)23-34-22-26-13-16-31(37)35(26)17-9-6-10-18-42-29-21-27(41-4)14-15-30(29)44(34,39)40/h5-9,11-12,14-15,21,25-26,28,36H,10,13,16-20,22-23H2,1-4H3/b9-6-/t25-,26-,28-/m1/s1. The van der Waals surface area contributed by atoms with Gasteiger partial charge >= 0.3 is 5.97 Å².